The SMILES string of the molecule is C(=C\c1ccccc1)/C(/C=C/c1ccccc1)=C(/C=C/c1cccc2ccccc12)/C=C/c1cccc2ccccc12. The van der Waals surface area contributed by atoms with Gasteiger partial charge < -0.3 is 0 Å². The van der Waals surface area contributed by atoms with Gasteiger partial charge >= 0.3 is 0 Å². The van der Waals surface area contributed by atoms with Gasteiger partial charge in [0.15, 0.2) is 0 Å². The van der Waals surface area contributed by atoms with Crippen molar-refractivity contribution in [3.05, 3.63) is 203 Å². The Morgan fingerprint density at radius 3 is 1.12 bits per heavy atom. The van der Waals surface area contributed by atoms with E-state index in [4.69, 9.17) is 0 Å². The summed E-state index contributed by atoms with van der Waals surface area (Å²) < 4.78 is 0. The van der Waals surface area contributed by atoms with Crippen LogP contribution < -0.4 is 0 Å². The maximum atomic E-state index is 2.24. The number of fused-ring (bicyclic) bond motifs is 2. The maximum Gasteiger partial charge on any atom is -0.0111 e. The predicted molar refractivity (Wildman–Crippen MR) is 184 cm³/mol. The number of hydrogen-bond acceptors (Lipinski definition) is 0. The van der Waals surface area contributed by atoms with Crippen LogP contribution in [0.2, 0.25) is 0 Å². The minimum atomic E-state index is 1.12. The third kappa shape index (κ3) is 6.63. The van der Waals surface area contributed by atoms with Gasteiger partial charge in [-0.2, -0.15) is 0 Å². The molecule has 0 aliphatic rings. The highest BCUT2D eigenvalue weighted by molar-refractivity contribution is 5.92. The second kappa shape index (κ2) is 13.3. The van der Waals surface area contributed by atoms with Crippen LogP contribution in [0.1, 0.15) is 22.3 Å². The van der Waals surface area contributed by atoms with Crippen LogP contribution in [0.3, 0.4) is 0 Å². The fraction of sp³-hybridized carbons (Fsp3) is 0. The van der Waals surface area contributed by atoms with E-state index in [2.05, 4.69) is 194 Å². The largest absolute Gasteiger partial charge is 0.0622 e. The van der Waals surface area contributed by atoms with Crippen molar-refractivity contribution in [1.29, 1.82) is 0 Å². The van der Waals surface area contributed by atoms with Gasteiger partial charge in [0.1, 0.15) is 0 Å². The molecule has 0 aliphatic carbocycles. The minimum absolute atomic E-state index is 1.12. The monoisotopic (exact) mass is 536 g/mol. The van der Waals surface area contributed by atoms with Crippen LogP contribution in [0.15, 0.2) is 181 Å². The van der Waals surface area contributed by atoms with Gasteiger partial charge in [-0.25, -0.2) is 0 Å². The molecule has 0 saturated heterocycles. The summed E-state index contributed by atoms with van der Waals surface area (Å²) in [6.07, 6.45) is 17.7. The minimum Gasteiger partial charge on any atom is -0.0622 e. The molecule has 0 amide bonds. The van der Waals surface area contributed by atoms with Gasteiger partial charge in [-0.3, -0.25) is 0 Å². The standard InChI is InChI=1S/C42H32/c1-3-13-33(14-4-1)25-27-35(28-26-34-15-5-2-6-16-34)36(29-31-39-21-11-19-37-17-7-9-23-41(37)39)30-32-40-22-12-20-38-18-8-10-24-42(38)40/h1-32H/b27-25+,28-26+,31-29+,32-30+. The molecule has 0 unspecified atom stereocenters. The fourth-order valence-electron chi connectivity index (χ4n) is 5.15. The molecule has 6 aromatic rings. The van der Waals surface area contributed by atoms with Crippen molar-refractivity contribution in [3.8, 4) is 0 Å². The van der Waals surface area contributed by atoms with Crippen molar-refractivity contribution in [1.82, 2.24) is 0 Å². The first-order chi connectivity index (χ1) is 20.8. The highest BCUT2D eigenvalue weighted by atomic mass is 14.1. The first-order valence-electron chi connectivity index (χ1n) is 14.4. The topological polar surface area (TPSA) is 0 Å². The molecule has 6 rings (SSSR count). The lowest BCUT2D eigenvalue weighted by atomic mass is 9.99. The Labute approximate surface area is 248 Å². The van der Waals surface area contributed by atoms with Crippen molar-refractivity contribution in [2.75, 3.05) is 0 Å². The summed E-state index contributed by atoms with van der Waals surface area (Å²) >= 11 is 0. The molecule has 0 radical (unpaired) electrons. The predicted octanol–water partition coefficient (Wildman–Crippen LogP) is 11.4. The van der Waals surface area contributed by atoms with E-state index < -0.39 is 0 Å². The Bertz CT molecular complexity index is 1800. The lowest BCUT2D eigenvalue weighted by Crippen LogP contribution is -1.85. The van der Waals surface area contributed by atoms with E-state index in [1.54, 1.807) is 0 Å². The first-order valence-corrected chi connectivity index (χ1v) is 14.4. The molecule has 42 heavy (non-hydrogen) atoms. The van der Waals surface area contributed by atoms with Crippen LogP contribution >= 0.6 is 0 Å². The van der Waals surface area contributed by atoms with E-state index in [1.807, 2.05) is 0 Å². The summed E-state index contributed by atoms with van der Waals surface area (Å²) in [5.41, 5.74) is 6.97. The fourth-order valence-corrected chi connectivity index (χ4v) is 5.15. The molecule has 0 aliphatic heterocycles. The summed E-state index contributed by atoms with van der Waals surface area (Å²) in [6.45, 7) is 0. The van der Waals surface area contributed by atoms with Gasteiger partial charge in [0.05, 0.1) is 0 Å². The molecule has 0 aromatic heterocycles. The van der Waals surface area contributed by atoms with Crippen LogP contribution in [-0.2, 0) is 0 Å². The zero-order valence-electron chi connectivity index (χ0n) is 23.5. The maximum absolute atomic E-state index is 2.24. The Morgan fingerprint density at radius 1 is 0.310 bits per heavy atom. The van der Waals surface area contributed by atoms with E-state index >= 15 is 0 Å². The third-order valence-electron chi connectivity index (χ3n) is 7.37. The van der Waals surface area contributed by atoms with Gasteiger partial charge in [-0.1, -0.05) is 194 Å². The smallest absolute Gasteiger partial charge is 0.0111 e. The number of allylic oxidation sites excluding steroid dienone is 6. The highest BCUT2D eigenvalue weighted by Crippen LogP contribution is 2.25. The summed E-state index contributed by atoms with van der Waals surface area (Å²) in [7, 11) is 0. The third-order valence-corrected chi connectivity index (χ3v) is 7.37. The molecule has 0 nitrogen and oxygen atoms in total. The molecule has 0 heterocycles. The zero-order chi connectivity index (χ0) is 28.4. The normalized spacial score (nSPS) is 11.9. The van der Waals surface area contributed by atoms with Crippen LogP contribution in [0.25, 0.3) is 45.8 Å². The molecule has 0 saturated carbocycles. The number of rotatable bonds is 8. The summed E-state index contributed by atoms with van der Waals surface area (Å²) in [5.74, 6) is 0. The van der Waals surface area contributed by atoms with Crippen molar-refractivity contribution in [3.63, 3.8) is 0 Å². The Balaban J connectivity index is 1.50. The van der Waals surface area contributed by atoms with E-state index in [-0.39, 0.29) is 0 Å². The summed E-state index contributed by atoms with van der Waals surface area (Å²) in [5, 5.41) is 4.97. The van der Waals surface area contributed by atoms with Crippen molar-refractivity contribution >= 4 is 45.8 Å². The Morgan fingerprint density at radius 2 is 0.667 bits per heavy atom. The van der Waals surface area contributed by atoms with E-state index in [9.17, 15) is 0 Å². The van der Waals surface area contributed by atoms with Crippen molar-refractivity contribution in [2.24, 2.45) is 0 Å². The van der Waals surface area contributed by atoms with Crippen LogP contribution in [-0.4, -0.2) is 0 Å². The van der Waals surface area contributed by atoms with Gasteiger partial charge in [-0.15, -0.1) is 0 Å². The molecule has 200 valence electrons. The van der Waals surface area contributed by atoms with Crippen LogP contribution in [0.5, 0.6) is 0 Å². The number of hydrogen-bond donors (Lipinski definition) is 0. The van der Waals surface area contributed by atoms with Crippen molar-refractivity contribution in [2.45, 2.75) is 0 Å². The van der Waals surface area contributed by atoms with Crippen LogP contribution in [0.4, 0.5) is 0 Å². The molecule has 0 bridgehead atoms. The lowest BCUT2D eigenvalue weighted by Gasteiger charge is -2.06. The van der Waals surface area contributed by atoms with E-state index in [0.717, 1.165) is 11.1 Å². The molecule has 0 fully saturated rings. The number of benzene rings is 6. The second-order valence-electron chi connectivity index (χ2n) is 10.2. The lowest BCUT2D eigenvalue weighted by molar-refractivity contribution is 1.57. The average Bonchev–Trinajstić information content (AvgIpc) is 3.06. The molecule has 6 aromatic carbocycles. The quantitative estimate of drug-likeness (QED) is 0.170. The Kier molecular flexibility index (Phi) is 8.45. The zero-order valence-corrected chi connectivity index (χ0v) is 23.5. The molecular weight excluding hydrogens is 504 g/mol. The molecule has 0 heteroatoms. The molecule has 0 atom stereocenters. The van der Waals surface area contributed by atoms with Crippen molar-refractivity contribution < 1.29 is 0 Å². The summed E-state index contributed by atoms with van der Waals surface area (Å²) in [4.78, 5) is 0. The van der Waals surface area contributed by atoms with Gasteiger partial charge in [0, 0.05) is 0 Å². The Hall–Kier alpha value is -5.46. The van der Waals surface area contributed by atoms with Gasteiger partial charge in [0.25, 0.3) is 0 Å². The van der Waals surface area contributed by atoms with Gasteiger partial charge in [0.2, 0.25) is 0 Å². The molecule has 0 N–H and O–H groups in total. The second-order valence-corrected chi connectivity index (χ2v) is 10.2. The van der Waals surface area contributed by atoms with Gasteiger partial charge in [-0.05, 0) is 54.9 Å². The van der Waals surface area contributed by atoms with Crippen LogP contribution in [0, 0.1) is 0 Å². The first kappa shape index (κ1) is 26.7. The summed E-state index contributed by atoms with van der Waals surface area (Å²) in [6, 6.07) is 51.0. The van der Waals surface area contributed by atoms with E-state index in [1.165, 1.54) is 43.8 Å². The average molecular weight is 537 g/mol. The van der Waals surface area contributed by atoms with E-state index in [0.29, 0.717) is 0 Å². The molecular formula is C42H32. The highest BCUT2D eigenvalue weighted by Gasteiger charge is 2.02. The molecule has 0 spiro atoms.